The summed E-state index contributed by atoms with van der Waals surface area (Å²) < 4.78 is 1.76. The van der Waals surface area contributed by atoms with Crippen molar-refractivity contribution in [2.75, 3.05) is 0 Å². The monoisotopic (exact) mass is 275 g/mol. The zero-order valence-corrected chi connectivity index (χ0v) is 11.4. The summed E-state index contributed by atoms with van der Waals surface area (Å²) in [4.78, 5) is 14.8. The van der Waals surface area contributed by atoms with Crippen molar-refractivity contribution in [2.24, 2.45) is 12.0 Å². The van der Waals surface area contributed by atoms with Crippen LogP contribution in [0.2, 0.25) is 5.15 Å². The number of isocyanates is 1. The van der Waals surface area contributed by atoms with E-state index in [1.165, 1.54) is 0 Å². The molecule has 0 bridgehead atoms. The molecule has 98 valence electrons. The molecule has 0 saturated heterocycles. The number of benzene rings is 1. The van der Waals surface area contributed by atoms with Crippen LogP contribution in [0.1, 0.15) is 31.2 Å². The molecule has 4 nitrogen and oxygen atoms in total. The van der Waals surface area contributed by atoms with Gasteiger partial charge in [-0.15, -0.1) is 0 Å². The van der Waals surface area contributed by atoms with Crippen LogP contribution in [0.4, 0.5) is 0 Å². The lowest BCUT2D eigenvalue weighted by molar-refractivity contribution is 0.456. The highest BCUT2D eigenvalue weighted by atomic mass is 35.5. The summed E-state index contributed by atoms with van der Waals surface area (Å²) in [6.45, 7) is 0. The summed E-state index contributed by atoms with van der Waals surface area (Å²) in [6.07, 6.45) is 5.73. The number of halogens is 1. The van der Waals surface area contributed by atoms with Crippen molar-refractivity contribution >= 4 is 28.6 Å². The first-order valence-electron chi connectivity index (χ1n) is 6.38. The summed E-state index contributed by atoms with van der Waals surface area (Å²) in [7, 11) is 1.86. The van der Waals surface area contributed by atoms with Crippen LogP contribution in [0.3, 0.4) is 0 Å². The summed E-state index contributed by atoms with van der Waals surface area (Å²) in [5.41, 5.74) is 1.63. The summed E-state index contributed by atoms with van der Waals surface area (Å²) in [6, 6.07) is 6.00. The van der Waals surface area contributed by atoms with Gasteiger partial charge in [-0.05, 0) is 30.5 Å². The second-order valence-electron chi connectivity index (χ2n) is 5.09. The third kappa shape index (κ3) is 1.88. The predicted molar refractivity (Wildman–Crippen MR) is 74.0 cm³/mol. The van der Waals surface area contributed by atoms with Gasteiger partial charge in [0.1, 0.15) is 0 Å². The molecule has 1 heterocycles. The predicted octanol–water partition coefficient (Wildman–Crippen LogP) is 3.33. The number of nitrogens with zero attached hydrogens (tertiary/aromatic N) is 3. The fraction of sp³-hybridized carbons (Fsp3) is 0.429. The molecule has 0 amide bonds. The molecule has 5 heteroatoms. The molecular weight excluding hydrogens is 262 g/mol. The van der Waals surface area contributed by atoms with E-state index in [0.717, 1.165) is 42.1 Å². The van der Waals surface area contributed by atoms with Gasteiger partial charge >= 0.3 is 0 Å². The lowest BCUT2D eigenvalue weighted by Gasteiger charge is -2.22. The highest BCUT2D eigenvalue weighted by Gasteiger charge is 2.35. The van der Waals surface area contributed by atoms with E-state index < -0.39 is 5.54 Å². The molecule has 0 spiro atoms. The Morgan fingerprint density at radius 3 is 2.84 bits per heavy atom. The fourth-order valence-electron chi connectivity index (χ4n) is 3.02. The first-order chi connectivity index (χ1) is 9.16. The van der Waals surface area contributed by atoms with Gasteiger partial charge in [0, 0.05) is 12.4 Å². The molecule has 1 fully saturated rings. The average Bonchev–Trinajstić information content (AvgIpc) is 2.97. The van der Waals surface area contributed by atoms with Crippen LogP contribution in [0.15, 0.2) is 23.2 Å². The smallest absolute Gasteiger partial charge is 0.235 e. The second kappa shape index (κ2) is 4.48. The number of aliphatic imine (C=N–C) groups is 1. The molecule has 1 aromatic heterocycles. The molecule has 1 aromatic carbocycles. The number of hydrogen-bond donors (Lipinski definition) is 0. The van der Waals surface area contributed by atoms with Gasteiger partial charge in [0.15, 0.2) is 5.15 Å². The maximum absolute atomic E-state index is 10.7. The summed E-state index contributed by atoms with van der Waals surface area (Å²) in [5.74, 6) is 0. The van der Waals surface area contributed by atoms with Crippen LogP contribution >= 0.6 is 11.6 Å². The lowest BCUT2D eigenvalue weighted by Crippen LogP contribution is -2.18. The van der Waals surface area contributed by atoms with Crippen molar-refractivity contribution in [3.8, 4) is 0 Å². The van der Waals surface area contributed by atoms with Gasteiger partial charge in [0.2, 0.25) is 6.08 Å². The molecule has 1 aliphatic carbocycles. The largest absolute Gasteiger partial charge is 0.266 e. The maximum atomic E-state index is 10.7. The fourth-order valence-corrected chi connectivity index (χ4v) is 3.29. The number of aryl methyl sites for hydroxylation is 1. The SMILES string of the molecule is Cn1nc(Cl)c2ccc(C3(N=C=O)CCCC3)cc21. The van der Waals surface area contributed by atoms with Crippen LogP contribution in [0.25, 0.3) is 10.9 Å². The Labute approximate surface area is 116 Å². The van der Waals surface area contributed by atoms with Crippen molar-refractivity contribution in [1.82, 2.24) is 9.78 Å². The first-order valence-corrected chi connectivity index (χ1v) is 6.76. The Morgan fingerprint density at radius 2 is 2.16 bits per heavy atom. The van der Waals surface area contributed by atoms with Gasteiger partial charge in [-0.3, -0.25) is 4.68 Å². The third-order valence-electron chi connectivity index (χ3n) is 4.03. The number of rotatable bonds is 2. The number of aromatic nitrogens is 2. The van der Waals surface area contributed by atoms with E-state index in [1.807, 2.05) is 25.2 Å². The third-order valence-corrected chi connectivity index (χ3v) is 4.31. The molecular formula is C14H14ClN3O. The van der Waals surface area contributed by atoms with Gasteiger partial charge in [-0.25, -0.2) is 4.79 Å². The van der Waals surface area contributed by atoms with E-state index in [0.29, 0.717) is 5.15 Å². The van der Waals surface area contributed by atoms with Gasteiger partial charge < -0.3 is 0 Å². The number of carbonyl (C=O) groups excluding carboxylic acids is 1. The van der Waals surface area contributed by atoms with Crippen LogP contribution in [0.5, 0.6) is 0 Å². The molecule has 0 unspecified atom stereocenters. The highest BCUT2D eigenvalue weighted by molar-refractivity contribution is 6.34. The minimum atomic E-state index is -0.396. The molecule has 2 aromatic rings. The Morgan fingerprint density at radius 1 is 1.42 bits per heavy atom. The van der Waals surface area contributed by atoms with E-state index in [2.05, 4.69) is 10.1 Å². The normalized spacial score (nSPS) is 17.6. The number of hydrogen-bond acceptors (Lipinski definition) is 3. The van der Waals surface area contributed by atoms with Crippen molar-refractivity contribution in [2.45, 2.75) is 31.2 Å². The van der Waals surface area contributed by atoms with E-state index in [4.69, 9.17) is 11.6 Å². The number of fused-ring (bicyclic) bond motifs is 1. The van der Waals surface area contributed by atoms with Crippen LogP contribution < -0.4 is 0 Å². The molecule has 0 aliphatic heterocycles. The molecule has 0 radical (unpaired) electrons. The van der Waals surface area contributed by atoms with E-state index in [1.54, 1.807) is 10.8 Å². The highest BCUT2D eigenvalue weighted by Crippen LogP contribution is 2.43. The summed E-state index contributed by atoms with van der Waals surface area (Å²) >= 11 is 6.07. The van der Waals surface area contributed by atoms with Crippen molar-refractivity contribution in [3.63, 3.8) is 0 Å². The quantitative estimate of drug-likeness (QED) is 0.623. The van der Waals surface area contributed by atoms with Gasteiger partial charge in [-0.2, -0.15) is 10.1 Å². The summed E-state index contributed by atoms with van der Waals surface area (Å²) in [5, 5.41) is 5.63. The Kier molecular flexibility index (Phi) is 2.92. The van der Waals surface area contributed by atoms with Crippen LogP contribution in [-0.2, 0) is 17.4 Å². The first kappa shape index (κ1) is 12.4. The molecule has 3 rings (SSSR count). The van der Waals surface area contributed by atoms with E-state index in [9.17, 15) is 4.79 Å². The minimum absolute atomic E-state index is 0.396. The minimum Gasteiger partial charge on any atom is -0.266 e. The average molecular weight is 276 g/mol. The maximum Gasteiger partial charge on any atom is 0.235 e. The van der Waals surface area contributed by atoms with Gasteiger partial charge in [-0.1, -0.05) is 30.5 Å². The van der Waals surface area contributed by atoms with Crippen molar-refractivity contribution < 1.29 is 4.79 Å². The van der Waals surface area contributed by atoms with Crippen molar-refractivity contribution in [1.29, 1.82) is 0 Å². The van der Waals surface area contributed by atoms with Gasteiger partial charge in [0.25, 0.3) is 0 Å². The lowest BCUT2D eigenvalue weighted by atomic mass is 9.88. The Bertz CT molecular complexity index is 679. The molecule has 0 N–H and O–H groups in total. The topological polar surface area (TPSA) is 47.2 Å². The molecule has 1 saturated carbocycles. The van der Waals surface area contributed by atoms with E-state index >= 15 is 0 Å². The Balaban J connectivity index is 2.19. The van der Waals surface area contributed by atoms with Crippen LogP contribution in [0, 0.1) is 0 Å². The Hall–Kier alpha value is -1.64. The zero-order valence-electron chi connectivity index (χ0n) is 10.7. The van der Waals surface area contributed by atoms with Crippen molar-refractivity contribution in [3.05, 3.63) is 28.9 Å². The zero-order chi connectivity index (χ0) is 13.5. The van der Waals surface area contributed by atoms with Crippen LogP contribution in [-0.4, -0.2) is 15.9 Å². The van der Waals surface area contributed by atoms with Gasteiger partial charge in [0.05, 0.1) is 11.1 Å². The second-order valence-corrected chi connectivity index (χ2v) is 5.45. The molecule has 1 aliphatic rings. The molecule has 19 heavy (non-hydrogen) atoms. The van der Waals surface area contributed by atoms with E-state index in [-0.39, 0.29) is 0 Å². The standard InChI is InChI=1S/C14H14ClN3O/c1-18-12-8-10(4-5-11(12)13(15)17-18)14(16-9-19)6-2-3-7-14/h4-5,8H,2-3,6-7H2,1H3. The molecule has 0 atom stereocenters.